The van der Waals surface area contributed by atoms with Gasteiger partial charge in [0.25, 0.3) is 5.78 Å². The highest BCUT2D eigenvalue weighted by molar-refractivity contribution is 6.38. The smallest absolute Gasteiger partial charge is 0.376 e. The van der Waals surface area contributed by atoms with Crippen LogP contribution in [0.2, 0.25) is 0 Å². The van der Waals surface area contributed by atoms with Gasteiger partial charge in [-0.2, -0.15) is 0 Å². The van der Waals surface area contributed by atoms with Gasteiger partial charge in [-0.15, -0.1) is 0 Å². The van der Waals surface area contributed by atoms with Crippen molar-refractivity contribution in [3.8, 4) is 0 Å². The monoisotopic (exact) mass is 285 g/mol. The number of aliphatic hydroxyl groups excluding tert-OH is 1. The van der Waals surface area contributed by atoms with E-state index in [2.05, 4.69) is 4.98 Å². The summed E-state index contributed by atoms with van der Waals surface area (Å²) in [5.74, 6) is -3.16. The number of aromatic amines is 1. The zero-order valence-electron chi connectivity index (χ0n) is 11.5. The van der Waals surface area contributed by atoms with Crippen molar-refractivity contribution in [1.29, 1.82) is 0 Å². The normalized spacial score (nSPS) is 11.4. The van der Waals surface area contributed by atoms with E-state index in [1.165, 1.54) is 5.56 Å². The Labute approximate surface area is 121 Å². The maximum absolute atomic E-state index is 11.0. The van der Waals surface area contributed by atoms with Crippen LogP contribution in [0.15, 0.2) is 42.6 Å². The molecule has 1 aromatic carbocycles. The fraction of sp³-hybridized carbons (Fsp3) is 0.125. The van der Waals surface area contributed by atoms with Crippen molar-refractivity contribution in [2.75, 3.05) is 0 Å². The fourth-order valence-corrected chi connectivity index (χ4v) is 1.89. The number of aromatic nitrogens is 1. The van der Waals surface area contributed by atoms with Gasteiger partial charge in [-0.25, -0.2) is 4.79 Å². The lowest BCUT2D eigenvalue weighted by Crippen LogP contribution is -2.09. The minimum atomic E-state index is -1.60. The van der Waals surface area contributed by atoms with E-state index in [9.17, 15) is 14.7 Å². The van der Waals surface area contributed by atoms with Crippen molar-refractivity contribution >= 4 is 17.5 Å². The van der Waals surface area contributed by atoms with E-state index in [-0.39, 0.29) is 0 Å². The number of ketones is 1. The van der Waals surface area contributed by atoms with Gasteiger partial charge < -0.3 is 15.2 Å². The van der Waals surface area contributed by atoms with Crippen LogP contribution in [0.1, 0.15) is 22.4 Å². The van der Waals surface area contributed by atoms with Gasteiger partial charge in [-0.1, -0.05) is 29.8 Å². The second-order valence-electron chi connectivity index (χ2n) is 4.78. The molecular formula is C16H15NO4. The summed E-state index contributed by atoms with van der Waals surface area (Å²) in [7, 11) is 0. The number of aliphatic hydroxyl groups is 1. The molecule has 0 aliphatic heterocycles. The largest absolute Gasteiger partial charge is 0.506 e. The predicted molar refractivity (Wildman–Crippen MR) is 78.0 cm³/mol. The molecule has 0 spiro atoms. The van der Waals surface area contributed by atoms with Gasteiger partial charge in [-0.3, -0.25) is 4.79 Å². The summed E-state index contributed by atoms with van der Waals surface area (Å²) in [5.41, 5.74) is 3.54. The van der Waals surface area contributed by atoms with Crippen LogP contribution in [0.25, 0.3) is 5.76 Å². The molecule has 0 unspecified atom stereocenters. The molecule has 0 fully saturated rings. The Morgan fingerprint density at radius 2 is 1.81 bits per heavy atom. The Morgan fingerprint density at radius 1 is 1.14 bits per heavy atom. The first-order chi connectivity index (χ1) is 9.95. The summed E-state index contributed by atoms with van der Waals surface area (Å²) >= 11 is 0. The molecule has 0 radical (unpaired) electrons. The molecule has 0 aliphatic rings. The average Bonchev–Trinajstić information content (AvgIpc) is 2.90. The van der Waals surface area contributed by atoms with Gasteiger partial charge in [0.15, 0.2) is 0 Å². The van der Waals surface area contributed by atoms with E-state index >= 15 is 0 Å². The number of H-pyrrole nitrogens is 1. The molecule has 2 rings (SSSR count). The molecule has 5 heteroatoms. The quantitative estimate of drug-likeness (QED) is 0.447. The van der Waals surface area contributed by atoms with Gasteiger partial charge in [0.2, 0.25) is 0 Å². The molecule has 0 atom stereocenters. The second-order valence-corrected chi connectivity index (χ2v) is 4.78. The van der Waals surface area contributed by atoms with Crippen molar-refractivity contribution in [3.63, 3.8) is 0 Å². The SMILES string of the molecule is Cc1ccc(Cc2c[nH]c(C(O)=CC(=O)C(=O)O)c2)cc1. The van der Waals surface area contributed by atoms with Crippen LogP contribution in [0, 0.1) is 6.92 Å². The van der Waals surface area contributed by atoms with Gasteiger partial charge in [0, 0.05) is 12.3 Å². The van der Waals surface area contributed by atoms with Gasteiger partial charge >= 0.3 is 5.97 Å². The summed E-state index contributed by atoms with van der Waals surface area (Å²) in [6.07, 6.45) is 3.07. The maximum Gasteiger partial charge on any atom is 0.376 e. The Morgan fingerprint density at radius 3 is 2.43 bits per heavy atom. The van der Waals surface area contributed by atoms with Crippen LogP contribution in [-0.2, 0) is 16.0 Å². The number of rotatable bonds is 5. The average molecular weight is 285 g/mol. The number of benzene rings is 1. The molecule has 1 aromatic heterocycles. The number of aliphatic carboxylic acids is 1. The molecule has 3 N–H and O–H groups in total. The van der Waals surface area contributed by atoms with E-state index in [4.69, 9.17) is 5.11 Å². The number of carbonyl (C=O) groups excluding carboxylic acids is 1. The maximum atomic E-state index is 11.0. The number of carboxylic acids is 1. The Kier molecular flexibility index (Phi) is 4.23. The third-order valence-electron chi connectivity index (χ3n) is 3.03. The van der Waals surface area contributed by atoms with Gasteiger partial charge in [0.1, 0.15) is 5.76 Å². The fourth-order valence-electron chi connectivity index (χ4n) is 1.89. The molecule has 108 valence electrons. The van der Waals surface area contributed by atoms with Crippen molar-refractivity contribution in [2.24, 2.45) is 0 Å². The van der Waals surface area contributed by atoms with Crippen molar-refractivity contribution < 1.29 is 19.8 Å². The lowest BCUT2D eigenvalue weighted by Gasteiger charge is -1.99. The highest BCUT2D eigenvalue weighted by atomic mass is 16.4. The third-order valence-corrected chi connectivity index (χ3v) is 3.03. The highest BCUT2D eigenvalue weighted by Crippen LogP contribution is 2.16. The zero-order chi connectivity index (χ0) is 15.4. The molecule has 21 heavy (non-hydrogen) atoms. The topological polar surface area (TPSA) is 90.4 Å². The van der Waals surface area contributed by atoms with E-state index in [1.807, 2.05) is 31.2 Å². The number of carboxylic acid groups (broad SMARTS) is 1. The number of carbonyl (C=O) groups is 2. The number of nitrogens with one attached hydrogen (secondary N) is 1. The van der Waals surface area contributed by atoms with Crippen LogP contribution in [0.3, 0.4) is 0 Å². The number of aryl methyl sites for hydroxylation is 1. The summed E-state index contributed by atoms with van der Waals surface area (Å²) in [6, 6.07) is 9.76. The van der Waals surface area contributed by atoms with Crippen molar-refractivity contribution in [1.82, 2.24) is 4.98 Å². The van der Waals surface area contributed by atoms with E-state index < -0.39 is 17.5 Å². The summed E-state index contributed by atoms with van der Waals surface area (Å²) in [6.45, 7) is 2.01. The zero-order valence-corrected chi connectivity index (χ0v) is 11.5. The lowest BCUT2D eigenvalue weighted by molar-refractivity contribution is -0.146. The predicted octanol–water partition coefficient (Wildman–Crippen LogP) is 2.47. The van der Waals surface area contributed by atoms with Crippen LogP contribution in [0.5, 0.6) is 0 Å². The van der Waals surface area contributed by atoms with Crippen molar-refractivity contribution in [3.05, 3.63) is 65.0 Å². The summed E-state index contributed by atoms with van der Waals surface area (Å²) in [4.78, 5) is 24.2. The Balaban J connectivity index is 2.12. The first kappa shape index (κ1) is 14.6. The van der Waals surface area contributed by atoms with Crippen LogP contribution in [-0.4, -0.2) is 26.9 Å². The van der Waals surface area contributed by atoms with Crippen molar-refractivity contribution in [2.45, 2.75) is 13.3 Å². The van der Waals surface area contributed by atoms with Crippen LogP contribution in [0.4, 0.5) is 0 Å². The number of hydrogen-bond acceptors (Lipinski definition) is 3. The molecular weight excluding hydrogens is 270 g/mol. The molecule has 5 nitrogen and oxygen atoms in total. The van der Waals surface area contributed by atoms with Crippen LogP contribution < -0.4 is 0 Å². The summed E-state index contributed by atoms with van der Waals surface area (Å²) < 4.78 is 0. The molecule has 0 bridgehead atoms. The second kappa shape index (κ2) is 6.09. The third kappa shape index (κ3) is 3.82. The molecule has 2 aromatic rings. The van der Waals surface area contributed by atoms with E-state index in [0.717, 1.165) is 11.1 Å². The van der Waals surface area contributed by atoms with Crippen LogP contribution >= 0.6 is 0 Å². The van der Waals surface area contributed by atoms with Gasteiger partial charge in [-0.05, 0) is 30.5 Å². The Bertz CT molecular complexity index is 695. The lowest BCUT2D eigenvalue weighted by atomic mass is 10.1. The minimum Gasteiger partial charge on any atom is -0.506 e. The first-order valence-electron chi connectivity index (χ1n) is 6.37. The molecule has 0 amide bonds. The Hall–Kier alpha value is -2.82. The summed E-state index contributed by atoms with van der Waals surface area (Å²) in [5, 5.41) is 18.2. The highest BCUT2D eigenvalue weighted by Gasteiger charge is 2.11. The first-order valence-corrected chi connectivity index (χ1v) is 6.37. The van der Waals surface area contributed by atoms with E-state index in [0.29, 0.717) is 18.2 Å². The molecule has 0 aliphatic carbocycles. The van der Waals surface area contributed by atoms with Gasteiger partial charge in [0.05, 0.1) is 5.69 Å². The molecule has 0 saturated carbocycles. The number of hydrogen-bond donors (Lipinski definition) is 3. The molecule has 0 saturated heterocycles. The standard InChI is InChI=1S/C16H15NO4/c1-10-2-4-11(5-3-10)6-12-7-13(17-9-12)14(18)8-15(19)16(20)21/h2-5,7-9,17-18H,6H2,1H3,(H,20,21). The minimum absolute atomic E-state index is 0.312. The van der Waals surface area contributed by atoms with E-state index in [1.54, 1.807) is 12.3 Å². The molecule has 1 heterocycles.